The van der Waals surface area contributed by atoms with Gasteiger partial charge in [0.25, 0.3) is 0 Å². The Kier molecular flexibility index (Phi) is 2.70. The summed E-state index contributed by atoms with van der Waals surface area (Å²) >= 11 is 3.37. The topological polar surface area (TPSA) is 37.3 Å². The minimum Gasteiger partial charge on any atom is -0.396 e. The molecule has 0 amide bonds. The van der Waals surface area contributed by atoms with Crippen LogP contribution in [0.2, 0.25) is 0 Å². The van der Waals surface area contributed by atoms with Crippen LogP contribution in [0.15, 0.2) is 0 Å². The number of hydrogen-bond donors (Lipinski definition) is 1. The average molecular weight is 221 g/mol. The molecule has 0 aromatic heterocycles. The molecule has 1 N–H and O–H groups in total. The summed E-state index contributed by atoms with van der Waals surface area (Å²) in [5.41, 5.74) is 0. The molecule has 11 heavy (non-hydrogen) atoms. The molecule has 0 aromatic rings. The molecule has 64 valence electrons. The van der Waals surface area contributed by atoms with Crippen molar-refractivity contribution in [2.75, 3.05) is 6.61 Å². The fourth-order valence-corrected chi connectivity index (χ4v) is 2.02. The van der Waals surface area contributed by atoms with Crippen molar-refractivity contribution in [3.63, 3.8) is 0 Å². The number of alkyl halides is 1. The highest BCUT2D eigenvalue weighted by Crippen LogP contribution is 2.52. The third-order valence-corrected chi connectivity index (χ3v) is 3.60. The molecule has 1 aliphatic rings. The van der Waals surface area contributed by atoms with Gasteiger partial charge in [0.2, 0.25) is 0 Å². The molecule has 0 aromatic carbocycles. The molecule has 0 spiro atoms. The van der Waals surface area contributed by atoms with E-state index >= 15 is 0 Å². The summed E-state index contributed by atoms with van der Waals surface area (Å²) in [6, 6.07) is 0. The van der Waals surface area contributed by atoms with Gasteiger partial charge in [-0.25, -0.2) is 0 Å². The number of aliphatic hydroxyl groups is 1. The van der Waals surface area contributed by atoms with Crippen molar-refractivity contribution in [1.82, 2.24) is 0 Å². The lowest BCUT2D eigenvalue weighted by Gasteiger charge is -2.04. The molecule has 3 heteroatoms. The molecule has 1 fully saturated rings. The number of aliphatic hydroxyl groups excluding tert-OH is 1. The van der Waals surface area contributed by atoms with Crippen LogP contribution in [0.4, 0.5) is 0 Å². The highest BCUT2D eigenvalue weighted by Gasteiger charge is 2.56. The van der Waals surface area contributed by atoms with Crippen LogP contribution in [0.25, 0.3) is 0 Å². The molecule has 2 nitrogen and oxygen atoms in total. The fourth-order valence-electron chi connectivity index (χ4n) is 1.29. The summed E-state index contributed by atoms with van der Waals surface area (Å²) in [4.78, 5) is 11.3. The third kappa shape index (κ3) is 1.64. The van der Waals surface area contributed by atoms with Crippen molar-refractivity contribution < 1.29 is 9.90 Å². The van der Waals surface area contributed by atoms with Crippen LogP contribution in [0, 0.1) is 5.92 Å². The molecule has 0 bridgehead atoms. The zero-order valence-corrected chi connectivity index (χ0v) is 8.23. The van der Waals surface area contributed by atoms with E-state index < -0.39 is 0 Å². The van der Waals surface area contributed by atoms with E-state index in [1.165, 1.54) is 0 Å². The van der Waals surface area contributed by atoms with Crippen molar-refractivity contribution >= 4 is 21.7 Å². The summed E-state index contributed by atoms with van der Waals surface area (Å²) < 4.78 is -0.349. The first kappa shape index (κ1) is 9.20. The molecule has 0 unspecified atom stereocenters. The summed E-state index contributed by atoms with van der Waals surface area (Å²) in [6.07, 6.45) is 2.33. The summed E-state index contributed by atoms with van der Waals surface area (Å²) in [7, 11) is 0. The largest absolute Gasteiger partial charge is 0.396 e. The second kappa shape index (κ2) is 3.23. The number of ketones is 1. The summed E-state index contributed by atoms with van der Waals surface area (Å²) in [6.45, 7) is 2.12. The van der Waals surface area contributed by atoms with Crippen LogP contribution in [0.5, 0.6) is 0 Å². The summed E-state index contributed by atoms with van der Waals surface area (Å²) in [5.74, 6) is 0.417. The fraction of sp³-hybridized carbons (Fsp3) is 0.875. The van der Waals surface area contributed by atoms with Crippen LogP contribution in [0.3, 0.4) is 0 Å². The Morgan fingerprint density at radius 1 is 1.82 bits per heavy atom. The Morgan fingerprint density at radius 2 is 2.45 bits per heavy atom. The van der Waals surface area contributed by atoms with Gasteiger partial charge in [-0.05, 0) is 12.8 Å². The number of carbonyl (C=O) groups excluding carboxylic acids is 1. The maximum atomic E-state index is 11.3. The average Bonchev–Trinajstić information content (AvgIpc) is 2.64. The number of rotatable bonds is 4. The van der Waals surface area contributed by atoms with Crippen LogP contribution >= 0.6 is 15.9 Å². The second-order valence-corrected chi connectivity index (χ2v) is 4.53. The first-order valence-corrected chi connectivity index (χ1v) is 4.77. The van der Waals surface area contributed by atoms with Crippen molar-refractivity contribution in [2.45, 2.75) is 30.5 Å². The van der Waals surface area contributed by atoms with Crippen molar-refractivity contribution in [3.8, 4) is 0 Å². The maximum Gasteiger partial charge on any atom is 0.149 e. The van der Waals surface area contributed by atoms with Gasteiger partial charge >= 0.3 is 0 Å². The van der Waals surface area contributed by atoms with E-state index in [2.05, 4.69) is 15.9 Å². The molecule has 0 aliphatic heterocycles. The van der Waals surface area contributed by atoms with Crippen LogP contribution in [0.1, 0.15) is 26.2 Å². The van der Waals surface area contributed by atoms with Crippen LogP contribution < -0.4 is 0 Å². The molecule has 0 saturated heterocycles. The molecular weight excluding hydrogens is 208 g/mol. The van der Waals surface area contributed by atoms with Gasteiger partial charge in [0, 0.05) is 18.9 Å². The van der Waals surface area contributed by atoms with Gasteiger partial charge < -0.3 is 5.11 Å². The number of halogens is 1. The highest BCUT2D eigenvalue weighted by molar-refractivity contribution is 9.10. The van der Waals surface area contributed by atoms with Gasteiger partial charge in [-0.1, -0.05) is 22.9 Å². The van der Waals surface area contributed by atoms with Crippen molar-refractivity contribution in [2.24, 2.45) is 5.92 Å². The Balaban J connectivity index is 2.42. The van der Waals surface area contributed by atoms with E-state index in [0.29, 0.717) is 6.42 Å². The Bertz CT molecular complexity index is 169. The lowest BCUT2D eigenvalue weighted by atomic mass is 10.1. The number of Topliss-reactive ketones (excluding diaryl/α,β-unsaturated/α-hetero) is 1. The zero-order valence-electron chi connectivity index (χ0n) is 6.64. The van der Waals surface area contributed by atoms with Gasteiger partial charge in [0.15, 0.2) is 0 Å². The molecule has 2 atom stereocenters. The smallest absolute Gasteiger partial charge is 0.149 e. The normalized spacial score (nSPS) is 35.4. The number of hydrogen-bond acceptors (Lipinski definition) is 2. The van der Waals surface area contributed by atoms with Gasteiger partial charge in [0.05, 0.1) is 4.32 Å². The Hall–Kier alpha value is 0.110. The predicted molar refractivity (Wildman–Crippen MR) is 46.8 cm³/mol. The van der Waals surface area contributed by atoms with Gasteiger partial charge in [-0.3, -0.25) is 4.79 Å². The predicted octanol–water partition coefficient (Wildman–Crippen LogP) is 1.50. The Labute approximate surface area is 75.1 Å². The van der Waals surface area contributed by atoms with Crippen LogP contribution in [-0.2, 0) is 4.79 Å². The van der Waals surface area contributed by atoms with E-state index in [1.54, 1.807) is 0 Å². The maximum absolute atomic E-state index is 11.3. The van der Waals surface area contributed by atoms with Gasteiger partial charge in [-0.15, -0.1) is 0 Å². The molecule has 0 radical (unpaired) electrons. The SMILES string of the molecule is CCCC(=O)[C@@]1(Br)C[C@H]1CO. The molecule has 1 aliphatic carbocycles. The number of carbonyl (C=O) groups is 1. The monoisotopic (exact) mass is 220 g/mol. The van der Waals surface area contributed by atoms with E-state index in [4.69, 9.17) is 5.11 Å². The van der Waals surface area contributed by atoms with E-state index in [9.17, 15) is 4.79 Å². The van der Waals surface area contributed by atoms with Crippen molar-refractivity contribution in [1.29, 1.82) is 0 Å². The minimum absolute atomic E-state index is 0.126. The molecule has 0 heterocycles. The highest BCUT2D eigenvalue weighted by atomic mass is 79.9. The quantitative estimate of drug-likeness (QED) is 0.730. The first-order valence-electron chi connectivity index (χ1n) is 3.98. The van der Waals surface area contributed by atoms with E-state index in [0.717, 1.165) is 12.8 Å². The Morgan fingerprint density at radius 3 is 2.82 bits per heavy atom. The first-order chi connectivity index (χ1) is 5.15. The van der Waals surface area contributed by atoms with Gasteiger partial charge in [0.1, 0.15) is 5.78 Å². The summed E-state index contributed by atoms with van der Waals surface area (Å²) in [5, 5.41) is 8.78. The van der Waals surface area contributed by atoms with Crippen LogP contribution in [-0.4, -0.2) is 21.8 Å². The standard InChI is InChI=1S/C8H13BrO2/c1-2-3-7(11)8(9)4-6(8)5-10/h6,10H,2-5H2,1H3/t6-,8+/m0/s1. The minimum atomic E-state index is -0.349. The molecular formula is C8H13BrO2. The lowest BCUT2D eigenvalue weighted by Crippen LogP contribution is -2.18. The zero-order chi connectivity index (χ0) is 8.48. The van der Waals surface area contributed by atoms with Crippen molar-refractivity contribution in [3.05, 3.63) is 0 Å². The lowest BCUT2D eigenvalue weighted by molar-refractivity contribution is -0.119. The second-order valence-electron chi connectivity index (χ2n) is 3.12. The van der Waals surface area contributed by atoms with Gasteiger partial charge in [-0.2, -0.15) is 0 Å². The van der Waals surface area contributed by atoms with E-state index in [1.807, 2.05) is 6.92 Å². The molecule has 1 saturated carbocycles. The third-order valence-electron chi connectivity index (χ3n) is 2.19. The van der Waals surface area contributed by atoms with E-state index in [-0.39, 0.29) is 22.6 Å². The molecule has 1 rings (SSSR count).